The van der Waals surface area contributed by atoms with Crippen LogP contribution in [0.15, 0.2) is 54.6 Å². The molecule has 1 saturated heterocycles. The fourth-order valence-electron chi connectivity index (χ4n) is 4.13. The topological polar surface area (TPSA) is 67.2 Å². The molecule has 0 bridgehead atoms. The first-order valence-electron chi connectivity index (χ1n) is 10.9. The lowest BCUT2D eigenvalue weighted by molar-refractivity contribution is 0.0792. The van der Waals surface area contributed by atoms with Gasteiger partial charge in [0.1, 0.15) is 4.83 Å². The molecule has 0 spiro atoms. The molecule has 0 aliphatic carbocycles. The number of carbonyl (C=O) groups is 2. The van der Waals surface area contributed by atoms with Crippen LogP contribution in [-0.2, 0) is 6.54 Å². The number of para-hydroxylation sites is 1. The van der Waals surface area contributed by atoms with Gasteiger partial charge >= 0.3 is 0 Å². The molecule has 2 aromatic heterocycles. The fraction of sp³-hybridized carbons (Fsp3) is 0.240. The second-order valence-corrected chi connectivity index (χ2v) is 9.60. The van der Waals surface area contributed by atoms with E-state index in [1.165, 1.54) is 11.3 Å². The largest absolute Gasteiger partial charge is 0.347 e. The summed E-state index contributed by atoms with van der Waals surface area (Å²) in [7, 11) is 0. The first-order valence-corrected chi connectivity index (χ1v) is 12.1. The average Bonchev–Trinajstić information content (AvgIpc) is 3.57. The van der Waals surface area contributed by atoms with Crippen LogP contribution in [-0.4, -0.2) is 39.6 Å². The van der Waals surface area contributed by atoms with Crippen LogP contribution in [0.2, 0.25) is 5.02 Å². The van der Waals surface area contributed by atoms with E-state index in [4.69, 9.17) is 11.6 Å². The van der Waals surface area contributed by atoms with E-state index in [1.54, 1.807) is 4.68 Å². The number of halogens is 1. The van der Waals surface area contributed by atoms with Crippen LogP contribution in [0.1, 0.15) is 44.1 Å². The van der Waals surface area contributed by atoms with Crippen molar-refractivity contribution in [3.63, 3.8) is 0 Å². The molecule has 0 unspecified atom stereocenters. The van der Waals surface area contributed by atoms with Crippen molar-refractivity contribution in [2.75, 3.05) is 13.1 Å². The lowest BCUT2D eigenvalue weighted by Gasteiger charge is -2.15. The number of hydrogen-bond acceptors (Lipinski definition) is 4. The smallest absolute Gasteiger partial charge is 0.261 e. The zero-order valence-electron chi connectivity index (χ0n) is 18.2. The lowest BCUT2D eigenvalue weighted by atomic mass is 10.1. The van der Waals surface area contributed by atoms with Gasteiger partial charge in [-0.3, -0.25) is 9.59 Å². The summed E-state index contributed by atoms with van der Waals surface area (Å²) in [6.45, 7) is 3.91. The molecule has 2 aromatic carbocycles. The predicted molar refractivity (Wildman–Crippen MR) is 131 cm³/mol. The van der Waals surface area contributed by atoms with Gasteiger partial charge in [0.25, 0.3) is 11.8 Å². The molecule has 5 rings (SSSR count). The van der Waals surface area contributed by atoms with Crippen LogP contribution in [0.25, 0.3) is 15.9 Å². The number of aryl methyl sites for hydroxylation is 1. The summed E-state index contributed by atoms with van der Waals surface area (Å²) in [5.74, 6) is -0.0950. The lowest BCUT2D eigenvalue weighted by Crippen LogP contribution is -2.28. The third-order valence-electron chi connectivity index (χ3n) is 5.87. The van der Waals surface area contributed by atoms with Crippen molar-refractivity contribution >= 4 is 45.0 Å². The molecular formula is C25H23ClN4O2S. The molecule has 0 radical (unpaired) electrons. The molecule has 2 amide bonds. The Morgan fingerprint density at radius 3 is 2.67 bits per heavy atom. The van der Waals surface area contributed by atoms with Crippen LogP contribution in [0.3, 0.4) is 0 Å². The first-order chi connectivity index (χ1) is 16.0. The Bertz CT molecular complexity index is 1350. The van der Waals surface area contributed by atoms with Crippen molar-refractivity contribution in [2.24, 2.45) is 0 Å². The molecule has 1 N–H and O–H groups in total. The zero-order valence-corrected chi connectivity index (χ0v) is 19.7. The highest BCUT2D eigenvalue weighted by atomic mass is 35.5. The molecule has 1 aliphatic rings. The van der Waals surface area contributed by atoms with E-state index in [-0.39, 0.29) is 11.8 Å². The Morgan fingerprint density at radius 1 is 1.09 bits per heavy atom. The molecule has 3 heterocycles. The van der Waals surface area contributed by atoms with E-state index >= 15 is 0 Å². The van der Waals surface area contributed by atoms with Gasteiger partial charge in [-0.1, -0.05) is 35.9 Å². The summed E-state index contributed by atoms with van der Waals surface area (Å²) in [5, 5.41) is 9.13. The number of benzene rings is 2. The third-order valence-corrected chi connectivity index (χ3v) is 7.30. The molecule has 168 valence electrons. The summed E-state index contributed by atoms with van der Waals surface area (Å²) in [6, 6.07) is 16.9. The van der Waals surface area contributed by atoms with E-state index in [1.807, 2.05) is 66.4 Å². The van der Waals surface area contributed by atoms with Gasteiger partial charge in [-0.2, -0.15) is 5.10 Å². The number of aromatic nitrogens is 2. The van der Waals surface area contributed by atoms with Crippen LogP contribution in [0.5, 0.6) is 0 Å². The Morgan fingerprint density at radius 2 is 1.88 bits per heavy atom. The molecule has 8 heteroatoms. The van der Waals surface area contributed by atoms with E-state index in [2.05, 4.69) is 10.4 Å². The van der Waals surface area contributed by atoms with Crippen LogP contribution in [0.4, 0.5) is 0 Å². The van der Waals surface area contributed by atoms with E-state index in [0.29, 0.717) is 22.0 Å². The number of fused-ring (bicyclic) bond motifs is 1. The van der Waals surface area contributed by atoms with Crippen LogP contribution >= 0.6 is 22.9 Å². The van der Waals surface area contributed by atoms with Crippen molar-refractivity contribution < 1.29 is 9.59 Å². The molecule has 1 aliphatic heterocycles. The van der Waals surface area contributed by atoms with Gasteiger partial charge in [-0.05, 0) is 55.7 Å². The number of nitrogens with zero attached hydrogens (tertiary/aromatic N) is 3. The molecule has 0 saturated carbocycles. The summed E-state index contributed by atoms with van der Waals surface area (Å²) in [6.07, 6.45) is 2.12. The highest BCUT2D eigenvalue weighted by Gasteiger charge is 2.20. The van der Waals surface area contributed by atoms with Gasteiger partial charge < -0.3 is 10.2 Å². The molecule has 33 heavy (non-hydrogen) atoms. The quantitative estimate of drug-likeness (QED) is 0.428. The van der Waals surface area contributed by atoms with Crippen molar-refractivity contribution in [3.8, 4) is 5.69 Å². The normalized spacial score (nSPS) is 13.6. The summed E-state index contributed by atoms with van der Waals surface area (Å²) in [5.41, 5.74) is 3.19. The minimum atomic E-state index is -0.155. The Labute approximate surface area is 200 Å². The number of hydrogen-bond donors (Lipinski definition) is 1. The van der Waals surface area contributed by atoms with Gasteiger partial charge in [-0.25, -0.2) is 4.68 Å². The Kier molecular flexibility index (Phi) is 5.91. The summed E-state index contributed by atoms with van der Waals surface area (Å²) < 4.78 is 1.79. The third kappa shape index (κ3) is 4.26. The van der Waals surface area contributed by atoms with Gasteiger partial charge in [0, 0.05) is 30.6 Å². The average molecular weight is 479 g/mol. The second kappa shape index (κ2) is 9.00. The molecule has 0 atom stereocenters. The molecule has 4 aromatic rings. The first kappa shape index (κ1) is 21.7. The highest BCUT2D eigenvalue weighted by Crippen LogP contribution is 2.32. The van der Waals surface area contributed by atoms with E-state index in [0.717, 1.165) is 53.1 Å². The minimum Gasteiger partial charge on any atom is -0.347 e. The second-order valence-electron chi connectivity index (χ2n) is 8.16. The maximum atomic E-state index is 12.9. The van der Waals surface area contributed by atoms with Crippen molar-refractivity contribution in [1.82, 2.24) is 20.0 Å². The number of thiophene rings is 1. The van der Waals surface area contributed by atoms with E-state index < -0.39 is 0 Å². The van der Waals surface area contributed by atoms with Gasteiger partial charge in [0.15, 0.2) is 0 Å². The van der Waals surface area contributed by atoms with Crippen molar-refractivity contribution in [1.29, 1.82) is 0 Å². The maximum Gasteiger partial charge on any atom is 0.261 e. The number of likely N-dealkylation sites (tertiary alicyclic amines) is 1. The van der Waals surface area contributed by atoms with Crippen molar-refractivity contribution in [2.45, 2.75) is 26.3 Å². The highest BCUT2D eigenvalue weighted by molar-refractivity contribution is 7.20. The van der Waals surface area contributed by atoms with Gasteiger partial charge in [0.05, 0.1) is 21.3 Å². The Balaban J connectivity index is 1.33. The SMILES string of the molecule is Cc1nn(-c2ccccc2Cl)c2sc(C(=O)NCc3cccc(C(=O)N4CCCC4)c3)cc12. The number of nitrogens with one attached hydrogen (secondary N) is 1. The van der Waals surface area contributed by atoms with E-state index in [9.17, 15) is 9.59 Å². The maximum absolute atomic E-state index is 12.9. The Hall–Kier alpha value is -3.16. The van der Waals surface area contributed by atoms with Crippen LogP contribution in [0, 0.1) is 6.92 Å². The zero-order chi connectivity index (χ0) is 22.9. The monoisotopic (exact) mass is 478 g/mol. The minimum absolute atomic E-state index is 0.0600. The number of carbonyl (C=O) groups excluding carboxylic acids is 2. The molecule has 1 fully saturated rings. The summed E-state index contributed by atoms with van der Waals surface area (Å²) in [4.78, 5) is 28.9. The fourth-order valence-corrected chi connectivity index (χ4v) is 5.44. The number of amides is 2. The van der Waals surface area contributed by atoms with Crippen molar-refractivity contribution in [3.05, 3.63) is 81.3 Å². The standard InChI is InChI=1S/C25H23ClN4O2S/c1-16-19-14-22(33-25(19)30(28-16)21-10-3-2-9-20(21)26)23(31)27-15-17-7-6-8-18(13-17)24(32)29-11-4-5-12-29/h2-3,6-10,13-14H,4-5,11-12,15H2,1H3,(H,27,31). The predicted octanol–water partition coefficient (Wildman–Crippen LogP) is 5.21. The summed E-state index contributed by atoms with van der Waals surface area (Å²) >= 11 is 7.75. The van der Waals surface area contributed by atoms with Gasteiger partial charge in [-0.15, -0.1) is 11.3 Å². The molecular weight excluding hydrogens is 456 g/mol. The van der Waals surface area contributed by atoms with Crippen LogP contribution < -0.4 is 5.32 Å². The molecule has 6 nitrogen and oxygen atoms in total. The van der Waals surface area contributed by atoms with Gasteiger partial charge in [0.2, 0.25) is 0 Å². The number of rotatable bonds is 5.